The van der Waals surface area contributed by atoms with Crippen LogP contribution in [0, 0.1) is 18.3 Å². The zero-order valence-electron chi connectivity index (χ0n) is 7.58. The molecule has 2 heteroatoms. The summed E-state index contributed by atoms with van der Waals surface area (Å²) in [5.41, 5.74) is 2.35. The first-order chi connectivity index (χ1) is 6.31. The fourth-order valence-corrected chi connectivity index (χ4v) is 1.66. The molecule has 1 unspecified atom stereocenters. The fourth-order valence-electron chi connectivity index (χ4n) is 1.66. The molecule has 0 spiro atoms. The molecule has 0 bridgehead atoms. The molecule has 0 amide bonds. The van der Waals surface area contributed by atoms with Crippen LogP contribution in [0.2, 0.25) is 0 Å². The quantitative estimate of drug-likeness (QED) is 0.602. The Morgan fingerprint density at radius 1 is 1.54 bits per heavy atom. The Kier molecular flexibility index (Phi) is 1.94. The second-order valence-electron chi connectivity index (χ2n) is 3.34. The van der Waals surface area contributed by atoms with Gasteiger partial charge >= 0.3 is 0 Å². The molecular formula is C11H11NO. The topological polar surface area (TPSA) is 33.0 Å². The number of hydrogen-bond donors (Lipinski definition) is 0. The molecule has 2 nitrogen and oxygen atoms in total. The Bertz CT molecular complexity index is 365. The summed E-state index contributed by atoms with van der Waals surface area (Å²) in [6.45, 7) is 2.01. The zero-order chi connectivity index (χ0) is 9.26. The number of aryl methyl sites for hydroxylation is 2. The Hall–Kier alpha value is -1.49. The zero-order valence-corrected chi connectivity index (χ0v) is 7.58. The van der Waals surface area contributed by atoms with E-state index in [1.54, 1.807) is 0 Å². The van der Waals surface area contributed by atoms with Crippen molar-refractivity contribution in [1.82, 2.24) is 0 Å². The molecule has 0 fully saturated rings. The summed E-state index contributed by atoms with van der Waals surface area (Å²) in [7, 11) is 0. The molecule has 1 aliphatic heterocycles. The largest absolute Gasteiger partial charge is 0.475 e. The molecule has 1 heterocycles. The van der Waals surface area contributed by atoms with E-state index in [0.717, 1.165) is 24.2 Å². The Morgan fingerprint density at radius 2 is 2.38 bits per heavy atom. The SMILES string of the molecule is Cc1cccc2c1OC(C#N)CC2. The summed E-state index contributed by atoms with van der Waals surface area (Å²) in [6, 6.07) is 8.26. The lowest BCUT2D eigenvalue weighted by Crippen LogP contribution is -2.21. The van der Waals surface area contributed by atoms with Gasteiger partial charge in [-0.2, -0.15) is 5.26 Å². The van der Waals surface area contributed by atoms with Crippen LogP contribution >= 0.6 is 0 Å². The van der Waals surface area contributed by atoms with Crippen LogP contribution in [-0.2, 0) is 6.42 Å². The smallest absolute Gasteiger partial charge is 0.184 e. The van der Waals surface area contributed by atoms with Gasteiger partial charge in [-0.3, -0.25) is 0 Å². The first-order valence-electron chi connectivity index (χ1n) is 4.46. The van der Waals surface area contributed by atoms with E-state index in [0.29, 0.717) is 0 Å². The van der Waals surface area contributed by atoms with E-state index in [4.69, 9.17) is 10.00 Å². The second kappa shape index (κ2) is 3.10. The van der Waals surface area contributed by atoms with Crippen LogP contribution in [0.1, 0.15) is 17.5 Å². The molecule has 13 heavy (non-hydrogen) atoms. The molecule has 2 rings (SSSR count). The molecule has 1 atom stereocenters. The van der Waals surface area contributed by atoms with Gasteiger partial charge in [0.05, 0.1) is 0 Å². The lowest BCUT2D eigenvalue weighted by molar-refractivity contribution is 0.223. The highest BCUT2D eigenvalue weighted by Gasteiger charge is 2.19. The van der Waals surface area contributed by atoms with Crippen LogP contribution in [0.15, 0.2) is 18.2 Å². The van der Waals surface area contributed by atoms with Crippen molar-refractivity contribution in [3.63, 3.8) is 0 Å². The summed E-state index contributed by atoms with van der Waals surface area (Å²) in [5, 5.41) is 8.73. The standard InChI is InChI=1S/C11H11NO/c1-8-3-2-4-9-5-6-10(7-12)13-11(8)9/h2-4,10H,5-6H2,1H3. The minimum atomic E-state index is -0.256. The molecule has 0 aliphatic carbocycles. The molecule has 1 aromatic carbocycles. The maximum Gasteiger partial charge on any atom is 0.184 e. The lowest BCUT2D eigenvalue weighted by atomic mass is 10.0. The van der Waals surface area contributed by atoms with Gasteiger partial charge in [0.2, 0.25) is 0 Å². The second-order valence-corrected chi connectivity index (χ2v) is 3.34. The van der Waals surface area contributed by atoms with Crippen molar-refractivity contribution in [2.75, 3.05) is 0 Å². The number of para-hydroxylation sites is 1. The van der Waals surface area contributed by atoms with Crippen LogP contribution in [0.4, 0.5) is 0 Å². The average Bonchev–Trinajstić information content (AvgIpc) is 2.18. The summed E-state index contributed by atoms with van der Waals surface area (Å²) in [6.07, 6.45) is 1.51. The number of benzene rings is 1. The van der Waals surface area contributed by atoms with Crippen molar-refractivity contribution in [2.45, 2.75) is 25.9 Å². The summed E-state index contributed by atoms with van der Waals surface area (Å²) in [4.78, 5) is 0. The van der Waals surface area contributed by atoms with Gasteiger partial charge in [0.15, 0.2) is 6.10 Å². The van der Waals surface area contributed by atoms with E-state index in [1.165, 1.54) is 5.56 Å². The minimum absolute atomic E-state index is 0.256. The van der Waals surface area contributed by atoms with E-state index in [1.807, 2.05) is 19.1 Å². The van der Waals surface area contributed by atoms with Gasteiger partial charge in [-0.05, 0) is 24.5 Å². The maximum atomic E-state index is 8.73. The predicted octanol–water partition coefficient (Wildman–Crippen LogP) is 2.21. The summed E-state index contributed by atoms with van der Waals surface area (Å²) >= 11 is 0. The van der Waals surface area contributed by atoms with E-state index >= 15 is 0 Å². The minimum Gasteiger partial charge on any atom is -0.475 e. The third-order valence-electron chi connectivity index (χ3n) is 2.37. The van der Waals surface area contributed by atoms with Crippen molar-refractivity contribution >= 4 is 0 Å². The van der Waals surface area contributed by atoms with Crippen LogP contribution in [-0.4, -0.2) is 6.10 Å². The summed E-state index contributed by atoms with van der Waals surface area (Å²) < 4.78 is 5.55. The molecule has 0 N–H and O–H groups in total. The Labute approximate surface area is 77.8 Å². The Balaban J connectivity index is 2.39. The highest BCUT2D eigenvalue weighted by Crippen LogP contribution is 2.30. The van der Waals surface area contributed by atoms with Gasteiger partial charge in [-0.1, -0.05) is 18.2 Å². The predicted molar refractivity (Wildman–Crippen MR) is 49.5 cm³/mol. The first kappa shape index (κ1) is 8.12. The van der Waals surface area contributed by atoms with Gasteiger partial charge in [0.1, 0.15) is 11.8 Å². The molecule has 0 aromatic heterocycles. The number of hydrogen-bond acceptors (Lipinski definition) is 2. The van der Waals surface area contributed by atoms with E-state index in [2.05, 4.69) is 12.1 Å². The van der Waals surface area contributed by atoms with E-state index < -0.39 is 0 Å². The molecule has 1 aromatic rings. The van der Waals surface area contributed by atoms with Gasteiger partial charge < -0.3 is 4.74 Å². The molecule has 0 saturated carbocycles. The van der Waals surface area contributed by atoms with Gasteiger partial charge in [0, 0.05) is 6.42 Å². The summed E-state index contributed by atoms with van der Waals surface area (Å²) in [5.74, 6) is 0.917. The number of nitriles is 1. The molecule has 1 aliphatic rings. The molecule has 0 radical (unpaired) electrons. The van der Waals surface area contributed by atoms with Crippen molar-refractivity contribution in [3.05, 3.63) is 29.3 Å². The van der Waals surface area contributed by atoms with Gasteiger partial charge in [-0.25, -0.2) is 0 Å². The highest BCUT2D eigenvalue weighted by atomic mass is 16.5. The first-order valence-corrected chi connectivity index (χ1v) is 4.46. The Morgan fingerprint density at radius 3 is 3.15 bits per heavy atom. The van der Waals surface area contributed by atoms with Crippen molar-refractivity contribution in [3.8, 4) is 11.8 Å². The normalized spacial score (nSPS) is 19.8. The number of nitrogens with zero attached hydrogens (tertiary/aromatic N) is 1. The van der Waals surface area contributed by atoms with Crippen LogP contribution in [0.3, 0.4) is 0 Å². The molecule has 0 saturated heterocycles. The van der Waals surface area contributed by atoms with E-state index in [-0.39, 0.29) is 6.10 Å². The number of ether oxygens (including phenoxy) is 1. The van der Waals surface area contributed by atoms with Gasteiger partial charge in [-0.15, -0.1) is 0 Å². The fraction of sp³-hybridized carbons (Fsp3) is 0.364. The molecular weight excluding hydrogens is 162 g/mol. The van der Waals surface area contributed by atoms with Crippen LogP contribution in [0.5, 0.6) is 5.75 Å². The van der Waals surface area contributed by atoms with Gasteiger partial charge in [0.25, 0.3) is 0 Å². The van der Waals surface area contributed by atoms with E-state index in [9.17, 15) is 0 Å². The average molecular weight is 173 g/mol. The lowest BCUT2D eigenvalue weighted by Gasteiger charge is -2.22. The van der Waals surface area contributed by atoms with Crippen molar-refractivity contribution < 1.29 is 4.74 Å². The van der Waals surface area contributed by atoms with Crippen LogP contribution in [0.25, 0.3) is 0 Å². The third kappa shape index (κ3) is 1.38. The maximum absolute atomic E-state index is 8.73. The third-order valence-corrected chi connectivity index (χ3v) is 2.37. The van der Waals surface area contributed by atoms with Crippen molar-refractivity contribution in [1.29, 1.82) is 5.26 Å². The monoisotopic (exact) mass is 173 g/mol. The highest BCUT2D eigenvalue weighted by molar-refractivity contribution is 5.42. The number of rotatable bonds is 0. The van der Waals surface area contributed by atoms with Crippen LogP contribution < -0.4 is 4.74 Å². The number of fused-ring (bicyclic) bond motifs is 1. The molecule has 66 valence electrons. The van der Waals surface area contributed by atoms with Crippen molar-refractivity contribution in [2.24, 2.45) is 0 Å².